The largest absolute Gasteiger partial charge is 0.208 e. The van der Waals surface area contributed by atoms with Crippen molar-refractivity contribution in [3.8, 4) is 84.7 Å². The molecule has 2 aliphatic carbocycles. The maximum Gasteiger partial charge on any atom is 0.164 e. The molecule has 2 aliphatic rings. The average Bonchev–Trinajstić information content (AvgIpc) is 3.42. The second-order valence-electron chi connectivity index (χ2n) is 17.4. The first-order valence-electron chi connectivity index (χ1n) is 23.1. The van der Waals surface area contributed by atoms with Crippen molar-refractivity contribution in [1.82, 2.24) is 15.0 Å². The van der Waals surface area contributed by atoms with Crippen molar-refractivity contribution < 1.29 is 0 Å². The van der Waals surface area contributed by atoms with Crippen LogP contribution in [0.25, 0.3) is 101 Å². The standard InChI is InChI=1S/C64H42N4/c65-41-42-29-38-58(61(39-42)57-26-11-10-24-55(57)54-23-9-8-22-53(54)49-37-34-46-31-30-44-16-5-7-21-52(44)60(46)40-49)56-25-12-13-27-59(56)64-67-62(47-17-2-1-3-18-47)66-63(68-64)48-35-32-45(33-36-48)51-28-14-19-43-15-4-6-20-50(43)51/h1-40,46,60H. The van der Waals surface area contributed by atoms with Crippen LogP contribution in [0.1, 0.15) is 28.2 Å². The monoisotopic (exact) mass is 866 g/mol. The lowest BCUT2D eigenvalue weighted by atomic mass is 9.74. The first-order valence-corrected chi connectivity index (χ1v) is 23.1. The Morgan fingerprint density at radius 1 is 0.382 bits per heavy atom. The summed E-state index contributed by atoms with van der Waals surface area (Å²) in [5.74, 6) is 2.30. The molecule has 2 atom stereocenters. The molecule has 0 saturated carbocycles. The van der Waals surface area contributed by atoms with Crippen molar-refractivity contribution in [2.24, 2.45) is 5.92 Å². The molecule has 0 bridgehead atoms. The minimum absolute atomic E-state index is 0.252. The molecule has 4 nitrogen and oxygen atoms in total. The second kappa shape index (κ2) is 17.4. The molecule has 10 aromatic rings. The van der Waals surface area contributed by atoms with Crippen molar-refractivity contribution in [3.63, 3.8) is 0 Å². The van der Waals surface area contributed by atoms with E-state index in [1.54, 1.807) is 0 Å². The fraction of sp³-hybridized carbons (Fsp3) is 0.0312. The molecule has 9 aromatic carbocycles. The van der Waals surface area contributed by atoms with Gasteiger partial charge < -0.3 is 0 Å². The van der Waals surface area contributed by atoms with E-state index in [1.165, 1.54) is 33.0 Å². The van der Waals surface area contributed by atoms with E-state index >= 15 is 0 Å². The quantitative estimate of drug-likeness (QED) is 0.153. The van der Waals surface area contributed by atoms with Crippen LogP contribution in [-0.2, 0) is 0 Å². The summed E-state index contributed by atoms with van der Waals surface area (Å²) in [5.41, 5.74) is 16.6. The predicted molar refractivity (Wildman–Crippen MR) is 279 cm³/mol. The van der Waals surface area contributed by atoms with Crippen LogP contribution in [0, 0.1) is 17.2 Å². The lowest BCUT2D eigenvalue weighted by Crippen LogP contribution is -2.14. The molecule has 0 amide bonds. The zero-order valence-electron chi connectivity index (χ0n) is 37.0. The fourth-order valence-electron chi connectivity index (χ4n) is 10.1. The van der Waals surface area contributed by atoms with Gasteiger partial charge in [0.05, 0.1) is 11.6 Å². The van der Waals surface area contributed by atoms with Crippen LogP contribution in [-0.4, -0.2) is 15.0 Å². The highest BCUT2D eigenvalue weighted by atomic mass is 15.0. The average molecular weight is 867 g/mol. The Hall–Kier alpha value is -9.04. The van der Waals surface area contributed by atoms with Crippen molar-refractivity contribution in [1.29, 1.82) is 5.26 Å². The van der Waals surface area contributed by atoms with Gasteiger partial charge in [0.25, 0.3) is 0 Å². The number of hydrogen-bond acceptors (Lipinski definition) is 4. The first kappa shape index (κ1) is 40.5. The zero-order valence-corrected chi connectivity index (χ0v) is 37.0. The minimum atomic E-state index is 0.252. The molecule has 68 heavy (non-hydrogen) atoms. The highest BCUT2D eigenvalue weighted by Crippen LogP contribution is 2.46. The van der Waals surface area contributed by atoms with Gasteiger partial charge in [-0.25, -0.2) is 15.0 Å². The SMILES string of the molecule is N#Cc1ccc(-c2ccccc2-c2nc(-c3ccccc3)nc(-c3ccc(-c4cccc5ccccc45)cc3)n2)c(-c2ccccc2-c2ccccc2C2=CC3c4ccccc4C=CC3C=C2)c1. The maximum atomic E-state index is 10.4. The van der Waals surface area contributed by atoms with Crippen LogP contribution >= 0.6 is 0 Å². The Bertz CT molecular complexity index is 3700. The first-order chi connectivity index (χ1) is 33.7. The molecular weight excluding hydrogens is 825 g/mol. The third-order valence-electron chi connectivity index (χ3n) is 13.4. The Labute approximate surface area is 396 Å². The van der Waals surface area contributed by atoms with E-state index in [2.05, 4.69) is 200 Å². The zero-order chi connectivity index (χ0) is 45.4. The van der Waals surface area contributed by atoms with Crippen LogP contribution in [0.5, 0.6) is 0 Å². The number of benzene rings is 9. The van der Waals surface area contributed by atoms with Crippen LogP contribution in [0.3, 0.4) is 0 Å². The van der Waals surface area contributed by atoms with E-state index in [4.69, 9.17) is 15.0 Å². The topological polar surface area (TPSA) is 62.5 Å². The number of allylic oxidation sites excluding steroid dienone is 5. The van der Waals surface area contributed by atoms with Gasteiger partial charge in [0.2, 0.25) is 0 Å². The molecule has 4 heteroatoms. The molecular formula is C64H42N4. The predicted octanol–water partition coefficient (Wildman–Crippen LogP) is 15.9. The van der Waals surface area contributed by atoms with Crippen molar-refractivity contribution in [3.05, 3.63) is 259 Å². The molecule has 0 spiro atoms. The smallest absolute Gasteiger partial charge is 0.164 e. The molecule has 0 radical (unpaired) electrons. The number of fused-ring (bicyclic) bond motifs is 4. The number of hydrogen-bond donors (Lipinski definition) is 0. The number of nitrogens with zero attached hydrogens (tertiary/aromatic N) is 4. The second-order valence-corrected chi connectivity index (χ2v) is 17.4. The Morgan fingerprint density at radius 3 is 1.68 bits per heavy atom. The van der Waals surface area contributed by atoms with Gasteiger partial charge in [-0.15, -0.1) is 0 Å². The van der Waals surface area contributed by atoms with Crippen molar-refractivity contribution in [2.45, 2.75) is 5.92 Å². The molecule has 2 unspecified atom stereocenters. The summed E-state index contributed by atoms with van der Waals surface area (Å²) < 4.78 is 0. The number of nitriles is 1. The highest BCUT2D eigenvalue weighted by molar-refractivity contribution is 5.99. The van der Waals surface area contributed by atoms with Gasteiger partial charge in [-0.05, 0) is 89.7 Å². The third kappa shape index (κ3) is 7.43. The lowest BCUT2D eigenvalue weighted by molar-refractivity contribution is 0.694. The van der Waals surface area contributed by atoms with E-state index in [9.17, 15) is 5.26 Å². The van der Waals surface area contributed by atoms with Crippen LogP contribution in [0.4, 0.5) is 0 Å². The molecule has 0 N–H and O–H groups in total. The van der Waals surface area contributed by atoms with Gasteiger partial charge >= 0.3 is 0 Å². The van der Waals surface area contributed by atoms with Gasteiger partial charge in [0, 0.05) is 28.5 Å². The Morgan fingerprint density at radius 2 is 0.912 bits per heavy atom. The normalized spacial score (nSPS) is 14.7. The third-order valence-corrected chi connectivity index (χ3v) is 13.4. The summed E-state index contributed by atoms with van der Waals surface area (Å²) >= 11 is 0. The van der Waals surface area contributed by atoms with Crippen LogP contribution in [0.2, 0.25) is 0 Å². The Balaban J connectivity index is 0.981. The summed E-state index contributed by atoms with van der Waals surface area (Å²) in [6.07, 6.45) is 11.6. The molecule has 12 rings (SSSR count). The minimum Gasteiger partial charge on any atom is -0.208 e. The van der Waals surface area contributed by atoms with Gasteiger partial charge in [0.1, 0.15) is 0 Å². The summed E-state index contributed by atoms with van der Waals surface area (Å²) in [6, 6.07) is 76.3. The summed E-state index contributed by atoms with van der Waals surface area (Å²) in [7, 11) is 0. The van der Waals surface area contributed by atoms with E-state index in [0.29, 0.717) is 29.0 Å². The Kier molecular flexibility index (Phi) is 10.4. The lowest BCUT2D eigenvalue weighted by Gasteiger charge is -2.29. The number of rotatable bonds is 8. The summed E-state index contributed by atoms with van der Waals surface area (Å²) in [4.78, 5) is 15.6. The van der Waals surface area contributed by atoms with Crippen LogP contribution < -0.4 is 0 Å². The summed E-state index contributed by atoms with van der Waals surface area (Å²) in [6.45, 7) is 0. The van der Waals surface area contributed by atoms with Crippen molar-refractivity contribution in [2.75, 3.05) is 0 Å². The van der Waals surface area contributed by atoms with Gasteiger partial charge in [0.15, 0.2) is 17.5 Å². The van der Waals surface area contributed by atoms with Crippen molar-refractivity contribution >= 4 is 22.4 Å². The van der Waals surface area contributed by atoms with E-state index < -0.39 is 0 Å². The number of aromatic nitrogens is 3. The van der Waals surface area contributed by atoms with E-state index in [0.717, 1.165) is 61.2 Å². The molecule has 318 valence electrons. The molecule has 1 heterocycles. The van der Waals surface area contributed by atoms with Gasteiger partial charge in [-0.2, -0.15) is 5.26 Å². The highest BCUT2D eigenvalue weighted by Gasteiger charge is 2.27. The van der Waals surface area contributed by atoms with Gasteiger partial charge in [-0.3, -0.25) is 0 Å². The molecule has 0 aliphatic heterocycles. The fourth-order valence-corrected chi connectivity index (χ4v) is 10.1. The van der Waals surface area contributed by atoms with Crippen LogP contribution in [0.15, 0.2) is 237 Å². The molecule has 0 fully saturated rings. The summed E-state index contributed by atoms with van der Waals surface area (Å²) in [5, 5.41) is 12.8. The van der Waals surface area contributed by atoms with E-state index in [1.807, 2.05) is 48.5 Å². The van der Waals surface area contributed by atoms with Gasteiger partial charge in [-0.1, -0.05) is 231 Å². The molecule has 0 saturated heterocycles. The molecule has 1 aromatic heterocycles. The van der Waals surface area contributed by atoms with E-state index in [-0.39, 0.29) is 5.92 Å². The maximum absolute atomic E-state index is 10.4.